The van der Waals surface area contributed by atoms with Crippen LogP contribution in [0.3, 0.4) is 0 Å². The molecule has 1 aromatic rings. The number of fused-ring (bicyclic) bond motifs is 1. The maximum absolute atomic E-state index is 12.8. The molecule has 1 saturated heterocycles. The SMILES string of the molecule is CC(C)OC1CCN(S(=O)(=O)c2ccc3c(c2)CC(=O)N3)CC1. The Labute approximate surface area is 136 Å². The van der Waals surface area contributed by atoms with Crippen molar-refractivity contribution in [2.24, 2.45) is 0 Å². The Hall–Kier alpha value is -1.44. The highest BCUT2D eigenvalue weighted by Crippen LogP contribution is 2.28. The summed E-state index contributed by atoms with van der Waals surface area (Å²) >= 11 is 0. The van der Waals surface area contributed by atoms with E-state index in [-0.39, 0.29) is 29.4 Å². The monoisotopic (exact) mass is 338 g/mol. The molecule has 0 aromatic heterocycles. The first-order valence-corrected chi connectivity index (χ1v) is 9.38. The number of carbonyl (C=O) groups excluding carboxylic acids is 1. The molecule has 0 unspecified atom stereocenters. The zero-order valence-electron chi connectivity index (χ0n) is 13.4. The van der Waals surface area contributed by atoms with Crippen LogP contribution in [0.1, 0.15) is 32.3 Å². The van der Waals surface area contributed by atoms with Crippen LogP contribution in [0.4, 0.5) is 5.69 Å². The topological polar surface area (TPSA) is 75.7 Å². The summed E-state index contributed by atoms with van der Waals surface area (Å²) < 4.78 is 32.8. The van der Waals surface area contributed by atoms with Crippen molar-refractivity contribution in [1.29, 1.82) is 0 Å². The molecule has 1 amide bonds. The molecule has 7 heteroatoms. The van der Waals surface area contributed by atoms with E-state index in [0.29, 0.717) is 31.6 Å². The third kappa shape index (κ3) is 3.41. The van der Waals surface area contributed by atoms with Crippen molar-refractivity contribution in [3.05, 3.63) is 23.8 Å². The number of nitrogens with one attached hydrogen (secondary N) is 1. The number of rotatable bonds is 4. The van der Waals surface area contributed by atoms with Crippen LogP contribution < -0.4 is 5.32 Å². The molecule has 1 fully saturated rings. The lowest BCUT2D eigenvalue weighted by Crippen LogP contribution is -2.41. The van der Waals surface area contributed by atoms with E-state index in [1.54, 1.807) is 18.2 Å². The minimum absolute atomic E-state index is 0.0961. The Kier molecular flexibility index (Phi) is 4.44. The molecule has 1 N–H and O–H groups in total. The fraction of sp³-hybridized carbons (Fsp3) is 0.562. The van der Waals surface area contributed by atoms with Crippen LogP contribution in [0.5, 0.6) is 0 Å². The number of benzene rings is 1. The number of amides is 1. The fourth-order valence-corrected chi connectivity index (χ4v) is 4.63. The van der Waals surface area contributed by atoms with Gasteiger partial charge in [0.1, 0.15) is 0 Å². The Morgan fingerprint density at radius 1 is 1.26 bits per heavy atom. The molecule has 23 heavy (non-hydrogen) atoms. The number of carbonyl (C=O) groups is 1. The first-order chi connectivity index (χ1) is 10.9. The zero-order valence-corrected chi connectivity index (χ0v) is 14.2. The first kappa shape index (κ1) is 16.4. The molecule has 0 spiro atoms. The van der Waals surface area contributed by atoms with E-state index in [1.165, 1.54) is 4.31 Å². The van der Waals surface area contributed by atoms with Gasteiger partial charge < -0.3 is 10.1 Å². The van der Waals surface area contributed by atoms with Gasteiger partial charge in [-0.15, -0.1) is 0 Å². The Bertz CT molecular complexity index is 707. The number of nitrogens with zero attached hydrogens (tertiary/aromatic N) is 1. The number of sulfonamides is 1. The van der Waals surface area contributed by atoms with Crippen LogP contribution in [0.2, 0.25) is 0 Å². The summed E-state index contributed by atoms with van der Waals surface area (Å²) in [4.78, 5) is 11.7. The second-order valence-corrected chi connectivity index (χ2v) is 8.27. The molecule has 2 aliphatic rings. The average Bonchev–Trinajstić information content (AvgIpc) is 2.86. The van der Waals surface area contributed by atoms with E-state index >= 15 is 0 Å². The van der Waals surface area contributed by atoms with Gasteiger partial charge in [-0.2, -0.15) is 4.31 Å². The van der Waals surface area contributed by atoms with E-state index < -0.39 is 10.0 Å². The van der Waals surface area contributed by atoms with Gasteiger partial charge in [-0.3, -0.25) is 4.79 Å². The first-order valence-electron chi connectivity index (χ1n) is 7.94. The minimum Gasteiger partial charge on any atom is -0.375 e. The second-order valence-electron chi connectivity index (χ2n) is 6.33. The number of hydrogen-bond donors (Lipinski definition) is 1. The lowest BCUT2D eigenvalue weighted by Gasteiger charge is -2.32. The Morgan fingerprint density at radius 2 is 1.96 bits per heavy atom. The summed E-state index contributed by atoms with van der Waals surface area (Å²) in [5, 5.41) is 2.72. The molecular weight excluding hydrogens is 316 g/mol. The highest BCUT2D eigenvalue weighted by molar-refractivity contribution is 7.89. The standard InChI is InChI=1S/C16H22N2O4S/c1-11(2)22-13-5-7-18(8-6-13)23(20,21)14-3-4-15-12(9-14)10-16(19)17-15/h3-4,9,11,13H,5-8,10H2,1-2H3,(H,17,19). The average molecular weight is 338 g/mol. The summed E-state index contributed by atoms with van der Waals surface area (Å²) in [7, 11) is -3.51. The third-order valence-electron chi connectivity index (χ3n) is 4.21. The van der Waals surface area contributed by atoms with Crippen LogP contribution in [-0.4, -0.2) is 43.9 Å². The number of hydrogen-bond acceptors (Lipinski definition) is 4. The van der Waals surface area contributed by atoms with Crippen molar-refractivity contribution >= 4 is 21.6 Å². The third-order valence-corrected chi connectivity index (χ3v) is 6.10. The molecule has 0 radical (unpaired) electrons. The lowest BCUT2D eigenvalue weighted by molar-refractivity contribution is -0.115. The van der Waals surface area contributed by atoms with Gasteiger partial charge in [0, 0.05) is 18.8 Å². The van der Waals surface area contributed by atoms with Gasteiger partial charge in [-0.25, -0.2) is 8.42 Å². The summed E-state index contributed by atoms with van der Waals surface area (Å²) in [5.74, 6) is -0.0961. The molecule has 126 valence electrons. The maximum atomic E-state index is 12.8. The summed E-state index contributed by atoms with van der Waals surface area (Å²) in [6.07, 6.45) is 1.95. The van der Waals surface area contributed by atoms with Crippen molar-refractivity contribution in [3.63, 3.8) is 0 Å². The largest absolute Gasteiger partial charge is 0.375 e. The van der Waals surface area contributed by atoms with Crippen molar-refractivity contribution < 1.29 is 17.9 Å². The van der Waals surface area contributed by atoms with Crippen LogP contribution in [0.15, 0.2) is 23.1 Å². The van der Waals surface area contributed by atoms with Crippen molar-refractivity contribution in [2.75, 3.05) is 18.4 Å². The molecule has 3 rings (SSSR count). The fourth-order valence-electron chi connectivity index (χ4n) is 3.11. The highest BCUT2D eigenvalue weighted by Gasteiger charge is 2.31. The molecule has 2 heterocycles. The lowest BCUT2D eigenvalue weighted by atomic mass is 10.1. The van der Waals surface area contributed by atoms with Crippen LogP contribution in [0.25, 0.3) is 0 Å². The molecule has 2 aliphatic heterocycles. The smallest absolute Gasteiger partial charge is 0.243 e. The van der Waals surface area contributed by atoms with Gasteiger partial charge in [-0.1, -0.05) is 0 Å². The molecule has 6 nitrogen and oxygen atoms in total. The molecule has 0 aliphatic carbocycles. The molecule has 1 aromatic carbocycles. The molecule has 0 bridgehead atoms. The van der Waals surface area contributed by atoms with Gasteiger partial charge in [0.25, 0.3) is 0 Å². The van der Waals surface area contributed by atoms with Gasteiger partial charge in [0.05, 0.1) is 23.5 Å². The Morgan fingerprint density at radius 3 is 2.61 bits per heavy atom. The number of anilines is 1. The molecule has 0 saturated carbocycles. The summed E-state index contributed by atoms with van der Waals surface area (Å²) in [6, 6.07) is 4.84. The number of piperidine rings is 1. The minimum atomic E-state index is -3.51. The quantitative estimate of drug-likeness (QED) is 0.908. The van der Waals surface area contributed by atoms with E-state index in [1.807, 2.05) is 13.8 Å². The van der Waals surface area contributed by atoms with Crippen LogP contribution >= 0.6 is 0 Å². The van der Waals surface area contributed by atoms with Crippen molar-refractivity contribution in [1.82, 2.24) is 4.31 Å². The summed E-state index contributed by atoms with van der Waals surface area (Å²) in [6.45, 7) is 4.91. The van der Waals surface area contributed by atoms with Crippen molar-refractivity contribution in [2.45, 2.75) is 50.2 Å². The van der Waals surface area contributed by atoms with E-state index in [2.05, 4.69) is 5.32 Å². The van der Waals surface area contributed by atoms with Crippen LogP contribution in [0, 0.1) is 0 Å². The van der Waals surface area contributed by atoms with E-state index in [9.17, 15) is 13.2 Å². The predicted molar refractivity (Wildman–Crippen MR) is 86.8 cm³/mol. The number of ether oxygens (including phenoxy) is 1. The highest BCUT2D eigenvalue weighted by atomic mass is 32.2. The normalized spacial score (nSPS) is 19.9. The van der Waals surface area contributed by atoms with Gasteiger partial charge in [0.2, 0.25) is 15.9 Å². The van der Waals surface area contributed by atoms with Crippen LogP contribution in [-0.2, 0) is 26.0 Å². The van der Waals surface area contributed by atoms with Gasteiger partial charge in [-0.05, 0) is 50.5 Å². The van der Waals surface area contributed by atoms with Gasteiger partial charge >= 0.3 is 0 Å². The molecular formula is C16H22N2O4S. The second kappa shape index (κ2) is 6.22. The predicted octanol–water partition coefficient (Wildman–Crippen LogP) is 1.76. The van der Waals surface area contributed by atoms with Gasteiger partial charge in [0.15, 0.2) is 0 Å². The summed E-state index contributed by atoms with van der Waals surface area (Å²) in [5.41, 5.74) is 1.45. The molecule has 0 atom stereocenters. The van der Waals surface area contributed by atoms with E-state index in [4.69, 9.17) is 4.74 Å². The Balaban J connectivity index is 1.73. The van der Waals surface area contributed by atoms with E-state index in [0.717, 1.165) is 5.56 Å². The maximum Gasteiger partial charge on any atom is 0.243 e. The van der Waals surface area contributed by atoms with Crippen molar-refractivity contribution in [3.8, 4) is 0 Å². The zero-order chi connectivity index (χ0) is 16.6.